The second-order valence-electron chi connectivity index (χ2n) is 6.55. The van der Waals surface area contributed by atoms with Gasteiger partial charge in [-0.1, -0.05) is 5.16 Å². The summed E-state index contributed by atoms with van der Waals surface area (Å²) in [7, 11) is 0. The number of aryl methyl sites for hydroxylation is 1. The van der Waals surface area contributed by atoms with Crippen LogP contribution >= 0.6 is 0 Å². The fourth-order valence-corrected chi connectivity index (χ4v) is 2.84. The number of carbonyl (C=O) groups excluding carboxylic acids is 1. The zero-order chi connectivity index (χ0) is 21.8. The standard InChI is InChI=1S/C20H21N7O4/c1-4-21-19(28)13-6-7-14(22-10-13)11-30-20-16(29-5-2)9-17-23-24-18(27(17)25-20)15-8-12(3)31-26-15/h6-10H,4-5,11H2,1-3H3,(H,21,28). The molecule has 0 fully saturated rings. The van der Waals surface area contributed by atoms with Crippen molar-refractivity contribution in [2.45, 2.75) is 27.4 Å². The zero-order valence-corrected chi connectivity index (χ0v) is 17.3. The highest BCUT2D eigenvalue weighted by Gasteiger charge is 2.18. The van der Waals surface area contributed by atoms with Crippen molar-refractivity contribution in [1.82, 2.24) is 35.3 Å². The van der Waals surface area contributed by atoms with Crippen LogP contribution in [0, 0.1) is 6.92 Å². The highest BCUT2D eigenvalue weighted by atomic mass is 16.5. The molecule has 0 aliphatic carbocycles. The van der Waals surface area contributed by atoms with E-state index in [4.69, 9.17) is 14.0 Å². The summed E-state index contributed by atoms with van der Waals surface area (Å²) in [5, 5.41) is 19.5. The normalized spacial score (nSPS) is 10.9. The lowest BCUT2D eigenvalue weighted by Crippen LogP contribution is -2.22. The summed E-state index contributed by atoms with van der Waals surface area (Å²) in [6.07, 6.45) is 1.51. The minimum absolute atomic E-state index is 0.134. The largest absolute Gasteiger partial charge is 0.488 e. The van der Waals surface area contributed by atoms with Crippen molar-refractivity contribution in [3.63, 3.8) is 0 Å². The van der Waals surface area contributed by atoms with Gasteiger partial charge in [-0.15, -0.1) is 15.3 Å². The Kier molecular flexibility index (Phi) is 5.74. The Bertz CT molecular complexity index is 1200. The number of amides is 1. The molecule has 4 heterocycles. The molecule has 4 aromatic rings. The van der Waals surface area contributed by atoms with Crippen LogP contribution in [0.25, 0.3) is 17.2 Å². The number of fused-ring (bicyclic) bond motifs is 1. The molecule has 11 nitrogen and oxygen atoms in total. The first-order valence-electron chi connectivity index (χ1n) is 9.78. The van der Waals surface area contributed by atoms with E-state index in [1.807, 2.05) is 13.8 Å². The lowest BCUT2D eigenvalue weighted by Gasteiger charge is -2.11. The van der Waals surface area contributed by atoms with Crippen molar-refractivity contribution in [3.05, 3.63) is 47.5 Å². The van der Waals surface area contributed by atoms with Gasteiger partial charge < -0.3 is 19.3 Å². The van der Waals surface area contributed by atoms with E-state index in [0.717, 1.165) is 0 Å². The van der Waals surface area contributed by atoms with Crippen molar-refractivity contribution >= 4 is 11.6 Å². The van der Waals surface area contributed by atoms with Crippen LogP contribution in [0.3, 0.4) is 0 Å². The van der Waals surface area contributed by atoms with Gasteiger partial charge in [0.25, 0.3) is 11.8 Å². The maximum Gasteiger partial charge on any atom is 0.275 e. The zero-order valence-electron chi connectivity index (χ0n) is 17.3. The average molecular weight is 423 g/mol. The fraction of sp³-hybridized carbons (Fsp3) is 0.300. The summed E-state index contributed by atoms with van der Waals surface area (Å²) >= 11 is 0. The molecule has 1 N–H and O–H groups in total. The van der Waals surface area contributed by atoms with Gasteiger partial charge in [0.05, 0.1) is 17.9 Å². The Morgan fingerprint density at radius 3 is 2.74 bits per heavy atom. The number of ether oxygens (including phenoxy) is 2. The minimum Gasteiger partial charge on any atom is -0.488 e. The van der Waals surface area contributed by atoms with E-state index in [9.17, 15) is 4.79 Å². The Morgan fingerprint density at radius 1 is 1.19 bits per heavy atom. The Labute approximate surface area is 177 Å². The van der Waals surface area contributed by atoms with E-state index < -0.39 is 0 Å². The summed E-state index contributed by atoms with van der Waals surface area (Å²) < 4.78 is 18.2. The van der Waals surface area contributed by atoms with Crippen molar-refractivity contribution < 1.29 is 18.8 Å². The smallest absolute Gasteiger partial charge is 0.275 e. The number of nitrogens with one attached hydrogen (secondary N) is 1. The lowest BCUT2D eigenvalue weighted by atomic mass is 10.2. The molecule has 0 unspecified atom stereocenters. The maximum absolute atomic E-state index is 11.9. The lowest BCUT2D eigenvalue weighted by molar-refractivity contribution is 0.0955. The summed E-state index contributed by atoms with van der Waals surface area (Å²) in [5.41, 5.74) is 2.11. The Balaban J connectivity index is 1.59. The third-order valence-corrected chi connectivity index (χ3v) is 4.26. The molecule has 0 atom stereocenters. The van der Waals surface area contributed by atoms with E-state index in [1.54, 1.807) is 31.2 Å². The first-order valence-corrected chi connectivity index (χ1v) is 9.78. The molecule has 1 amide bonds. The van der Waals surface area contributed by atoms with Crippen LogP contribution in [0.1, 0.15) is 35.7 Å². The van der Waals surface area contributed by atoms with E-state index in [0.29, 0.717) is 53.1 Å². The summed E-state index contributed by atoms with van der Waals surface area (Å²) in [4.78, 5) is 16.2. The van der Waals surface area contributed by atoms with Gasteiger partial charge in [-0.2, -0.15) is 4.52 Å². The van der Waals surface area contributed by atoms with Gasteiger partial charge in [0.15, 0.2) is 17.1 Å². The molecule has 0 saturated heterocycles. The van der Waals surface area contributed by atoms with Gasteiger partial charge >= 0.3 is 0 Å². The van der Waals surface area contributed by atoms with Crippen LogP contribution < -0.4 is 14.8 Å². The SMILES string of the molecule is CCNC(=O)c1ccc(COc2nn3c(-c4cc(C)on4)nnc3cc2OCC)nc1. The van der Waals surface area contributed by atoms with E-state index in [1.165, 1.54) is 10.7 Å². The van der Waals surface area contributed by atoms with Crippen molar-refractivity contribution in [2.75, 3.05) is 13.2 Å². The van der Waals surface area contributed by atoms with Gasteiger partial charge in [-0.05, 0) is 32.9 Å². The quantitative estimate of drug-likeness (QED) is 0.453. The van der Waals surface area contributed by atoms with Crippen molar-refractivity contribution in [3.8, 4) is 23.1 Å². The predicted octanol–water partition coefficient (Wildman–Crippen LogP) is 2.21. The molecule has 0 saturated carbocycles. The van der Waals surface area contributed by atoms with E-state index in [2.05, 4.69) is 30.8 Å². The molecule has 0 spiro atoms. The average Bonchev–Trinajstić information content (AvgIpc) is 3.38. The summed E-state index contributed by atoms with van der Waals surface area (Å²) in [6.45, 7) is 6.63. The second-order valence-corrected chi connectivity index (χ2v) is 6.55. The number of aromatic nitrogens is 6. The monoisotopic (exact) mass is 423 g/mol. The molecule has 0 radical (unpaired) electrons. The topological polar surface area (TPSA) is 130 Å². The van der Waals surface area contributed by atoms with E-state index >= 15 is 0 Å². The van der Waals surface area contributed by atoms with Crippen LogP contribution in [-0.2, 0) is 6.61 Å². The molecule has 0 bridgehead atoms. The minimum atomic E-state index is -0.170. The van der Waals surface area contributed by atoms with Gasteiger partial charge in [-0.25, -0.2) is 0 Å². The van der Waals surface area contributed by atoms with Crippen LogP contribution in [0.2, 0.25) is 0 Å². The van der Waals surface area contributed by atoms with Gasteiger partial charge in [0.1, 0.15) is 12.4 Å². The molecule has 0 aromatic carbocycles. The third kappa shape index (κ3) is 4.29. The first kappa shape index (κ1) is 20.3. The Morgan fingerprint density at radius 2 is 2.06 bits per heavy atom. The second kappa shape index (κ2) is 8.78. The number of nitrogens with zero attached hydrogens (tertiary/aromatic N) is 6. The molecule has 31 heavy (non-hydrogen) atoms. The van der Waals surface area contributed by atoms with Crippen LogP contribution in [-0.4, -0.2) is 49.0 Å². The van der Waals surface area contributed by atoms with Crippen LogP contribution in [0.4, 0.5) is 0 Å². The number of hydrogen-bond donors (Lipinski definition) is 1. The van der Waals surface area contributed by atoms with Crippen LogP contribution in [0.15, 0.2) is 35.0 Å². The third-order valence-electron chi connectivity index (χ3n) is 4.26. The first-order chi connectivity index (χ1) is 15.1. The molecular weight excluding hydrogens is 402 g/mol. The molecule has 160 valence electrons. The predicted molar refractivity (Wildman–Crippen MR) is 109 cm³/mol. The van der Waals surface area contributed by atoms with E-state index in [-0.39, 0.29) is 18.4 Å². The number of hydrogen-bond acceptors (Lipinski definition) is 9. The Hall–Kier alpha value is -4.02. The van der Waals surface area contributed by atoms with Gasteiger partial charge in [0, 0.05) is 24.9 Å². The number of rotatable bonds is 8. The summed E-state index contributed by atoms with van der Waals surface area (Å²) in [5.74, 6) is 1.59. The van der Waals surface area contributed by atoms with Gasteiger partial charge in [0.2, 0.25) is 5.82 Å². The number of pyridine rings is 1. The molecular formula is C20H21N7O4. The highest BCUT2D eigenvalue weighted by molar-refractivity contribution is 5.93. The number of carbonyl (C=O) groups is 1. The summed E-state index contributed by atoms with van der Waals surface area (Å²) in [6, 6.07) is 6.86. The molecule has 11 heteroatoms. The molecule has 0 aliphatic rings. The maximum atomic E-state index is 11.9. The molecule has 0 aliphatic heterocycles. The van der Waals surface area contributed by atoms with Crippen LogP contribution in [0.5, 0.6) is 11.6 Å². The van der Waals surface area contributed by atoms with Crippen molar-refractivity contribution in [1.29, 1.82) is 0 Å². The van der Waals surface area contributed by atoms with Gasteiger partial charge in [-0.3, -0.25) is 9.78 Å². The fourth-order valence-electron chi connectivity index (χ4n) is 2.84. The molecule has 4 rings (SSSR count). The highest BCUT2D eigenvalue weighted by Crippen LogP contribution is 2.28. The molecule has 4 aromatic heterocycles. The van der Waals surface area contributed by atoms with Crippen molar-refractivity contribution in [2.24, 2.45) is 0 Å².